The highest BCUT2D eigenvalue weighted by Gasteiger charge is 2.20. The highest BCUT2D eigenvalue weighted by atomic mass is 15.1. The van der Waals surface area contributed by atoms with E-state index in [4.69, 9.17) is 0 Å². The molecule has 0 aromatic heterocycles. The van der Waals surface area contributed by atoms with Gasteiger partial charge in [-0.1, -0.05) is 39.0 Å². The molecule has 0 aromatic carbocycles. The van der Waals surface area contributed by atoms with Crippen LogP contribution in [0.3, 0.4) is 0 Å². The van der Waals surface area contributed by atoms with Crippen molar-refractivity contribution in [2.45, 2.75) is 70.8 Å². The molecule has 2 heteroatoms. The second-order valence-corrected chi connectivity index (χ2v) is 6.36. The molecule has 0 spiro atoms. The molecule has 1 aliphatic heterocycles. The smallest absolute Gasteiger partial charge is 0.00914 e. The fraction of sp³-hybridized carbons (Fsp3) is 1.00. The molecule has 2 fully saturated rings. The number of nitrogens with zero attached hydrogens (tertiary/aromatic N) is 1. The van der Waals surface area contributed by atoms with E-state index >= 15 is 0 Å². The molecule has 1 N–H and O–H groups in total. The van der Waals surface area contributed by atoms with Crippen LogP contribution in [0.4, 0.5) is 0 Å². The minimum Gasteiger partial charge on any atom is -0.314 e. The summed E-state index contributed by atoms with van der Waals surface area (Å²) in [5.41, 5.74) is 0. The summed E-state index contributed by atoms with van der Waals surface area (Å²) in [6.45, 7) is 7.48. The monoisotopic (exact) mass is 252 g/mol. The summed E-state index contributed by atoms with van der Waals surface area (Å²) in [6.07, 6.45) is 13.0. The molecule has 0 bridgehead atoms. The fourth-order valence-corrected chi connectivity index (χ4v) is 3.55. The van der Waals surface area contributed by atoms with E-state index in [1.807, 2.05) is 0 Å². The summed E-state index contributed by atoms with van der Waals surface area (Å²) in [4.78, 5) is 2.71. The molecular weight excluding hydrogens is 220 g/mol. The molecule has 1 aliphatic carbocycles. The fourth-order valence-electron chi connectivity index (χ4n) is 3.55. The number of likely N-dealkylation sites (tertiary alicyclic amines) is 1. The van der Waals surface area contributed by atoms with Crippen molar-refractivity contribution in [1.29, 1.82) is 0 Å². The van der Waals surface area contributed by atoms with Gasteiger partial charge < -0.3 is 10.2 Å². The second-order valence-electron chi connectivity index (χ2n) is 6.36. The van der Waals surface area contributed by atoms with Crippen LogP contribution in [0.5, 0.6) is 0 Å². The summed E-state index contributed by atoms with van der Waals surface area (Å²) in [5, 5.41) is 3.67. The summed E-state index contributed by atoms with van der Waals surface area (Å²) in [5.74, 6) is 1.05. The third-order valence-corrected chi connectivity index (χ3v) is 4.85. The van der Waals surface area contributed by atoms with Crippen molar-refractivity contribution in [3.63, 3.8) is 0 Å². The second kappa shape index (κ2) is 8.16. The van der Waals surface area contributed by atoms with Crippen molar-refractivity contribution >= 4 is 0 Å². The van der Waals surface area contributed by atoms with Crippen LogP contribution >= 0.6 is 0 Å². The van der Waals surface area contributed by atoms with Gasteiger partial charge in [-0.25, -0.2) is 0 Å². The van der Waals surface area contributed by atoms with Gasteiger partial charge >= 0.3 is 0 Å². The normalized spacial score (nSPS) is 24.5. The number of hydrogen-bond acceptors (Lipinski definition) is 2. The maximum Gasteiger partial charge on any atom is 0.00914 e. The molecule has 1 saturated carbocycles. The van der Waals surface area contributed by atoms with Gasteiger partial charge in [0.05, 0.1) is 0 Å². The van der Waals surface area contributed by atoms with Gasteiger partial charge in [0, 0.05) is 6.04 Å². The Kier molecular flexibility index (Phi) is 6.50. The van der Waals surface area contributed by atoms with Gasteiger partial charge in [-0.3, -0.25) is 0 Å². The van der Waals surface area contributed by atoms with Gasteiger partial charge in [-0.05, 0) is 57.8 Å². The number of rotatable bonds is 6. The van der Waals surface area contributed by atoms with Crippen LogP contribution in [-0.4, -0.2) is 37.1 Å². The lowest BCUT2D eigenvalue weighted by molar-refractivity contribution is 0.178. The van der Waals surface area contributed by atoms with Crippen LogP contribution in [0.25, 0.3) is 0 Å². The van der Waals surface area contributed by atoms with E-state index in [9.17, 15) is 0 Å². The first kappa shape index (κ1) is 14.3. The third-order valence-electron chi connectivity index (χ3n) is 4.85. The quantitative estimate of drug-likeness (QED) is 0.779. The molecule has 0 atom stereocenters. The Hall–Kier alpha value is -0.0800. The molecular formula is C16H32N2. The number of hydrogen-bond donors (Lipinski definition) is 1. The first-order valence-corrected chi connectivity index (χ1v) is 8.34. The maximum absolute atomic E-state index is 3.67. The van der Waals surface area contributed by atoms with Crippen LogP contribution < -0.4 is 5.32 Å². The van der Waals surface area contributed by atoms with Crippen molar-refractivity contribution < 1.29 is 0 Å². The van der Waals surface area contributed by atoms with Crippen molar-refractivity contribution in [3.8, 4) is 0 Å². The predicted molar refractivity (Wildman–Crippen MR) is 78.9 cm³/mol. The molecule has 1 saturated heterocycles. The van der Waals surface area contributed by atoms with Crippen molar-refractivity contribution in [2.24, 2.45) is 5.92 Å². The lowest BCUT2D eigenvalue weighted by atomic mass is 9.87. The topological polar surface area (TPSA) is 15.3 Å². The van der Waals surface area contributed by atoms with Crippen LogP contribution in [0.15, 0.2) is 0 Å². The summed E-state index contributed by atoms with van der Waals surface area (Å²) in [6, 6.07) is 0.802. The molecule has 1 heterocycles. The minimum atomic E-state index is 0.802. The molecule has 18 heavy (non-hydrogen) atoms. The highest BCUT2D eigenvalue weighted by Crippen LogP contribution is 2.26. The van der Waals surface area contributed by atoms with Crippen molar-refractivity contribution in [1.82, 2.24) is 10.2 Å². The van der Waals surface area contributed by atoms with Crippen molar-refractivity contribution in [3.05, 3.63) is 0 Å². The molecule has 2 rings (SSSR count). The van der Waals surface area contributed by atoms with E-state index in [0.717, 1.165) is 12.0 Å². The van der Waals surface area contributed by atoms with E-state index in [1.54, 1.807) is 0 Å². The molecule has 2 aliphatic rings. The Bertz CT molecular complexity index is 203. The molecule has 0 amide bonds. The Morgan fingerprint density at radius 1 is 1.00 bits per heavy atom. The summed E-state index contributed by atoms with van der Waals surface area (Å²) < 4.78 is 0. The Labute approximate surface area is 114 Å². The highest BCUT2D eigenvalue weighted by molar-refractivity contribution is 4.78. The van der Waals surface area contributed by atoms with E-state index in [-0.39, 0.29) is 0 Å². The van der Waals surface area contributed by atoms with Gasteiger partial charge in [0.15, 0.2) is 0 Å². The molecule has 106 valence electrons. The first-order valence-electron chi connectivity index (χ1n) is 8.34. The van der Waals surface area contributed by atoms with Gasteiger partial charge in [-0.2, -0.15) is 0 Å². The van der Waals surface area contributed by atoms with Crippen LogP contribution in [0.2, 0.25) is 0 Å². The minimum absolute atomic E-state index is 0.802. The zero-order valence-corrected chi connectivity index (χ0v) is 12.3. The van der Waals surface area contributed by atoms with Crippen molar-refractivity contribution in [2.75, 3.05) is 26.2 Å². The zero-order chi connectivity index (χ0) is 12.6. The molecule has 0 aromatic rings. The van der Waals surface area contributed by atoms with E-state index in [2.05, 4.69) is 17.1 Å². The van der Waals surface area contributed by atoms with Crippen LogP contribution in [0.1, 0.15) is 64.7 Å². The summed E-state index contributed by atoms with van der Waals surface area (Å²) in [7, 11) is 0. The predicted octanol–water partition coefficient (Wildman–Crippen LogP) is 3.42. The van der Waals surface area contributed by atoms with Crippen LogP contribution in [-0.2, 0) is 0 Å². The molecule has 0 radical (unpaired) electrons. The average Bonchev–Trinajstić information content (AvgIpc) is 2.45. The maximum atomic E-state index is 3.67. The van der Waals surface area contributed by atoms with Gasteiger partial charge in [0.2, 0.25) is 0 Å². The largest absolute Gasteiger partial charge is 0.314 e. The number of piperidine rings is 1. The van der Waals surface area contributed by atoms with Gasteiger partial charge in [-0.15, -0.1) is 0 Å². The lowest BCUT2D eigenvalue weighted by Gasteiger charge is -2.33. The third kappa shape index (κ3) is 4.89. The Morgan fingerprint density at radius 3 is 2.39 bits per heavy atom. The van der Waals surface area contributed by atoms with Gasteiger partial charge in [0.25, 0.3) is 0 Å². The average molecular weight is 252 g/mol. The SMILES string of the molecule is CCCNC1CCN(CCC2CCCCC2)CC1. The lowest BCUT2D eigenvalue weighted by Crippen LogP contribution is -2.43. The standard InChI is InChI=1S/C16H32N2/c1-2-11-17-16-9-13-18(14-10-16)12-8-15-6-4-3-5-7-15/h15-17H,2-14H2,1H3. The molecule has 0 unspecified atom stereocenters. The van der Waals surface area contributed by atoms with E-state index in [0.29, 0.717) is 0 Å². The van der Waals surface area contributed by atoms with E-state index < -0.39 is 0 Å². The van der Waals surface area contributed by atoms with E-state index in [1.165, 1.54) is 84.0 Å². The first-order chi connectivity index (χ1) is 8.88. The Balaban J connectivity index is 1.55. The van der Waals surface area contributed by atoms with Crippen LogP contribution in [0, 0.1) is 5.92 Å². The summed E-state index contributed by atoms with van der Waals surface area (Å²) >= 11 is 0. The molecule has 2 nitrogen and oxygen atoms in total. The van der Waals surface area contributed by atoms with Gasteiger partial charge in [0.1, 0.15) is 0 Å². The number of nitrogens with one attached hydrogen (secondary N) is 1. The zero-order valence-electron chi connectivity index (χ0n) is 12.3. The Morgan fingerprint density at radius 2 is 1.72 bits per heavy atom.